The highest BCUT2D eigenvalue weighted by atomic mass is 35.5. The van der Waals surface area contributed by atoms with Crippen molar-refractivity contribution in [2.24, 2.45) is 0 Å². The molecule has 3 rings (SSSR count). The van der Waals surface area contributed by atoms with Gasteiger partial charge in [0.2, 0.25) is 5.91 Å². The highest BCUT2D eigenvalue weighted by molar-refractivity contribution is 6.30. The van der Waals surface area contributed by atoms with E-state index in [4.69, 9.17) is 16.3 Å². The third kappa shape index (κ3) is 4.30. The molecule has 23 heavy (non-hydrogen) atoms. The second-order valence-corrected chi connectivity index (χ2v) is 6.09. The van der Waals surface area contributed by atoms with E-state index in [0.29, 0.717) is 11.4 Å². The zero-order chi connectivity index (χ0) is 16.1. The lowest BCUT2D eigenvalue weighted by atomic mass is 10.0. The Bertz CT molecular complexity index is 657. The summed E-state index contributed by atoms with van der Waals surface area (Å²) < 4.78 is 5.54. The number of nitrogens with zero attached hydrogens (tertiary/aromatic N) is 1. The van der Waals surface area contributed by atoms with E-state index < -0.39 is 0 Å². The highest BCUT2D eigenvalue weighted by Gasteiger charge is 2.23. The Kier molecular flexibility index (Phi) is 5.26. The molecule has 1 saturated heterocycles. The monoisotopic (exact) mass is 330 g/mol. The summed E-state index contributed by atoms with van der Waals surface area (Å²) in [6, 6.07) is 12.8. The van der Waals surface area contributed by atoms with Crippen molar-refractivity contribution in [1.29, 1.82) is 0 Å². The minimum Gasteiger partial charge on any atom is -0.378 e. The van der Waals surface area contributed by atoms with Crippen LogP contribution in [-0.2, 0) is 9.53 Å². The van der Waals surface area contributed by atoms with Crippen LogP contribution in [0.25, 0.3) is 0 Å². The minimum absolute atomic E-state index is 0.0266. The van der Waals surface area contributed by atoms with Gasteiger partial charge in [-0.25, -0.2) is 0 Å². The molecule has 2 atom stereocenters. The van der Waals surface area contributed by atoms with Crippen LogP contribution in [0, 0.1) is 0 Å². The summed E-state index contributed by atoms with van der Waals surface area (Å²) in [7, 11) is 0. The number of rotatable bonds is 5. The van der Waals surface area contributed by atoms with Crippen LogP contribution in [0.5, 0.6) is 0 Å². The van der Waals surface area contributed by atoms with Crippen molar-refractivity contribution in [2.75, 3.05) is 6.61 Å². The van der Waals surface area contributed by atoms with Crippen molar-refractivity contribution in [3.63, 3.8) is 0 Å². The Morgan fingerprint density at radius 1 is 1.35 bits per heavy atom. The normalized spacial score (nSPS) is 18.6. The van der Waals surface area contributed by atoms with Crippen molar-refractivity contribution >= 4 is 17.5 Å². The second kappa shape index (κ2) is 7.57. The Morgan fingerprint density at radius 2 is 2.26 bits per heavy atom. The average Bonchev–Trinajstić information content (AvgIpc) is 3.06. The van der Waals surface area contributed by atoms with Crippen LogP contribution in [0.15, 0.2) is 48.7 Å². The molecular formula is C18H19ClN2O2. The number of carbonyl (C=O) groups excluding carboxylic acids is 1. The van der Waals surface area contributed by atoms with Gasteiger partial charge in [0, 0.05) is 17.8 Å². The fraction of sp³-hybridized carbons (Fsp3) is 0.333. The van der Waals surface area contributed by atoms with E-state index in [-0.39, 0.29) is 18.1 Å². The van der Waals surface area contributed by atoms with Gasteiger partial charge in [-0.2, -0.15) is 0 Å². The molecular weight excluding hydrogens is 312 g/mol. The van der Waals surface area contributed by atoms with Crippen molar-refractivity contribution < 1.29 is 9.53 Å². The molecule has 1 fully saturated rings. The molecule has 0 saturated carbocycles. The summed E-state index contributed by atoms with van der Waals surface area (Å²) >= 11 is 6.10. The maximum atomic E-state index is 12.4. The number of nitrogens with one attached hydrogen (secondary N) is 1. The van der Waals surface area contributed by atoms with Crippen LogP contribution in [0.4, 0.5) is 0 Å². The fourth-order valence-electron chi connectivity index (χ4n) is 2.79. The van der Waals surface area contributed by atoms with E-state index in [1.807, 2.05) is 42.5 Å². The van der Waals surface area contributed by atoms with Gasteiger partial charge in [0.05, 0.1) is 24.3 Å². The first kappa shape index (κ1) is 16.0. The zero-order valence-corrected chi connectivity index (χ0v) is 13.5. The summed E-state index contributed by atoms with van der Waals surface area (Å²) in [5.74, 6) is -0.0347. The van der Waals surface area contributed by atoms with E-state index >= 15 is 0 Å². The minimum atomic E-state index is -0.316. The maximum Gasteiger partial charge on any atom is 0.223 e. The summed E-state index contributed by atoms with van der Waals surface area (Å²) in [6.45, 7) is 0.746. The standard InChI is InChI=1S/C18H19ClN2O2/c19-14-6-3-5-13(11-14)18(16-8-1-2-9-20-16)21-17(22)12-15-7-4-10-23-15/h1-3,5-6,8-9,11,15,18H,4,7,10,12H2,(H,21,22). The predicted octanol–water partition coefficient (Wildman–Crippen LogP) is 3.51. The Labute approximate surface area is 140 Å². The zero-order valence-electron chi connectivity index (χ0n) is 12.7. The van der Waals surface area contributed by atoms with E-state index in [1.54, 1.807) is 6.20 Å². The molecule has 1 aliphatic rings. The molecule has 120 valence electrons. The molecule has 1 aromatic carbocycles. The van der Waals surface area contributed by atoms with Gasteiger partial charge in [-0.15, -0.1) is 0 Å². The number of hydrogen-bond acceptors (Lipinski definition) is 3. The van der Waals surface area contributed by atoms with Crippen molar-refractivity contribution in [3.05, 3.63) is 64.9 Å². The molecule has 0 radical (unpaired) electrons. The summed E-state index contributed by atoms with van der Waals surface area (Å²) in [6.07, 6.45) is 4.09. The van der Waals surface area contributed by atoms with Crippen molar-refractivity contribution in [1.82, 2.24) is 10.3 Å². The Balaban J connectivity index is 1.79. The molecule has 1 N–H and O–H groups in total. The Hall–Kier alpha value is -1.91. The number of hydrogen-bond donors (Lipinski definition) is 1. The lowest BCUT2D eigenvalue weighted by molar-refractivity contribution is -0.123. The van der Waals surface area contributed by atoms with Gasteiger partial charge in [0.1, 0.15) is 0 Å². The topological polar surface area (TPSA) is 51.2 Å². The summed E-state index contributed by atoms with van der Waals surface area (Å²) in [4.78, 5) is 16.8. The van der Waals surface area contributed by atoms with E-state index in [1.165, 1.54) is 0 Å². The van der Waals surface area contributed by atoms with Gasteiger partial charge in [-0.05, 0) is 42.7 Å². The van der Waals surface area contributed by atoms with Gasteiger partial charge in [-0.1, -0.05) is 29.8 Å². The lowest BCUT2D eigenvalue weighted by Crippen LogP contribution is -2.32. The molecule has 5 heteroatoms. The number of ether oxygens (including phenoxy) is 1. The van der Waals surface area contributed by atoms with Gasteiger partial charge in [-0.3, -0.25) is 9.78 Å². The van der Waals surface area contributed by atoms with Crippen molar-refractivity contribution in [2.45, 2.75) is 31.4 Å². The number of halogens is 1. The SMILES string of the molecule is O=C(CC1CCCO1)NC(c1cccc(Cl)c1)c1ccccn1. The molecule has 0 aliphatic carbocycles. The third-order valence-corrected chi connectivity index (χ3v) is 4.14. The van der Waals surface area contributed by atoms with Crippen LogP contribution < -0.4 is 5.32 Å². The first-order valence-electron chi connectivity index (χ1n) is 7.80. The average molecular weight is 331 g/mol. The second-order valence-electron chi connectivity index (χ2n) is 5.65. The number of amides is 1. The van der Waals surface area contributed by atoms with Crippen LogP contribution in [0.3, 0.4) is 0 Å². The number of aromatic nitrogens is 1. The molecule has 2 unspecified atom stereocenters. The molecule has 4 nitrogen and oxygen atoms in total. The van der Waals surface area contributed by atoms with Crippen LogP contribution in [0.2, 0.25) is 5.02 Å². The number of carbonyl (C=O) groups is 1. The number of pyridine rings is 1. The molecule has 1 aliphatic heterocycles. The van der Waals surface area contributed by atoms with Crippen LogP contribution in [0.1, 0.15) is 36.6 Å². The van der Waals surface area contributed by atoms with E-state index in [2.05, 4.69) is 10.3 Å². The van der Waals surface area contributed by atoms with E-state index in [9.17, 15) is 4.79 Å². The molecule has 0 bridgehead atoms. The first-order chi connectivity index (χ1) is 11.2. The van der Waals surface area contributed by atoms with Gasteiger partial charge < -0.3 is 10.1 Å². The Morgan fingerprint density at radius 3 is 2.96 bits per heavy atom. The predicted molar refractivity (Wildman–Crippen MR) is 89.3 cm³/mol. The van der Waals surface area contributed by atoms with E-state index in [0.717, 1.165) is 30.7 Å². The molecule has 0 spiro atoms. The third-order valence-electron chi connectivity index (χ3n) is 3.91. The fourth-order valence-corrected chi connectivity index (χ4v) is 2.99. The van der Waals surface area contributed by atoms with Gasteiger partial charge in [0.15, 0.2) is 0 Å². The highest BCUT2D eigenvalue weighted by Crippen LogP contribution is 2.24. The molecule has 1 amide bonds. The van der Waals surface area contributed by atoms with Crippen LogP contribution >= 0.6 is 11.6 Å². The number of benzene rings is 1. The quantitative estimate of drug-likeness (QED) is 0.912. The summed E-state index contributed by atoms with van der Waals surface area (Å²) in [5, 5.41) is 3.70. The largest absolute Gasteiger partial charge is 0.378 e. The smallest absolute Gasteiger partial charge is 0.223 e. The van der Waals surface area contributed by atoms with Crippen LogP contribution in [-0.4, -0.2) is 23.6 Å². The lowest BCUT2D eigenvalue weighted by Gasteiger charge is -2.20. The van der Waals surface area contributed by atoms with Crippen molar-refractivity contribution in [3.8, 4) is 0 Å². The van der Waals surface area contributed by atoms with Gasteiger partial charge >= 0.3 is 0 Å². The summed E-state index contributed by atoms with van der Waals surface area (Å²) in [5.41, 5.74) is 1.70. The first-order valence-corrected chi connectivity index (χ1v) is 8.17. The molecule has 2 heterocycles. The molecule has 1 aromatic heterocycles. The molecule has 2 aromatic rings. The maximum absolute atomic E-state index is 12.4. The van der Waals surface area contributed by atoms with Gasteiger partial charge in [0.25, 0.3) is 0 Å².